The highest BCUT2D eigenvalue weighted by Gasteiger charge is 2.11. The number of methoxy groups -OCH3 is 1. The largest absolute Gasteiger partial charge is 0.496 e. The highest BCUT2D eigenvalue weighted by atomic mass is 35.5. The number of halogens is 1. The smallest absolute Gasteiger partial charge is 0.257 e. The summed E-state index contributed by atoms with van der Waals surface area (Å²) in [6.07, 6.45) is 0. The minimum Gasteiger partial charge on any atom is -0.496 e. The molecular formula is C12H12ClNO2. The molecule has 3 nitrogen and oxygen atoms in total. The molecule has 0 saturated carbocycles. The number of hydrogen-bond acceptors (Lipinski definition) is 2. The van der Waals surface area contributed by atoms with Gasteiger partial charge in [0.1, 0.15) is 10.9 Å². The molecule has 4 heteroatoms. The first-order valence-corrected chi connectivity index (χ1v) is 5.29. The summed E-state index contributed by atoms with van der Waals surface area (Å²) in [5.41, 5.74) is 1.63. The quantitative estimate of drug-likeness (QED) is 0.775. The van der Waals surface area contributed by atoms with Crippen molar-refractivity contribution in [2.75, 3.05) is 7.11 Å². The molecule has 0 fully saturated rings. The number of pyridine rings is 1. The van der Waals surface area contributed by atoms with Crippen molar-refractivity contribution in [3.05, 3.63) is 38.8 Å². The first kappa shape index (κ1) is 11.0. The maximum atomic E-state index is 11.8. The number of rotatable bonds is 1. The summed E-state index contributed by atoms with van der Waals surface area (Å²) in [6.45, 7) is 3.80. The van der Waals surface area contributed by atoms with Gasteiger partial charge in [-0.25, -0.2) is 0 Å². The van der Waals surface area contributed by atoms with Crippen LogP contribution >= 0.6 is 11.6 Å². The van der Waals surface area contributed by atoms with E-state index in [1.165, 1.54) is 0 Å². The summed E-state index contributed by atoms with van der Waals surface area (Å²) < 4.78 is 5.23. The molecule has 0 aliphatic carbocycles. The minimum atomic E-state index is -0.179. The van der Waals surface area contributed by atoms with Gasteiger partial charge in [-0.3, -0.25) is 4.79 Å². The average molecular weight is 238 g/mol. The molecule has 0 saturated heterocycles. The molecule has 1 aromatic carbocycles. The third-order valence-corrected chi connectivity index (χ3v) is 2.94. The van der Waals surface area contributed by atoms with Crippen LogP contribution in [0.3, 0.4) is 0 Å². The molecule has 1 aromatic heterocycles. The zero-order chi connectivity index (χ0) is 11.9. The summed E-state index contributed by atoms with van der Waals surface area (Å²) in [5.74, 6) is 0.720. The summed E-state index contributed by atoms with van der Waals surface area (Å²) in [6, 6.07) is 3.67. The van der Waals surface area contributed by atoms with Crippen molar-refractivity contribution in [1.29, 1.82) is 0 Å². The van der Waals surface area contributed by atoms with Crippen LogP contribution in [-0.2, 0) is 0 Å². The van der Waals surface area contributed by atoms with Crippen LogP contribution in [0.5, 0.6) is 5.75 Å². The molecule has 16 heavy (non-hydrogen) atoms. The van der Waals surface area contributed by atoms with E-state index in [4.69, 9.17) is 16.3 Å². The van der Waals surface area contributed by atoms with Crippen LogP contribution in [0.25, 0.3) is 10.8 Å². The molecule has 0 amide bonds. The molecule has 0 unspecified atom stereocenters. The standard InChI is InChI=1S/C12H12ClNO2/c1-6-4-9(16-3)7(2)11-8(6)5-10(13)14-12(11)15/h4-5H,1-3H3,(H,14,15). The Hall–Kier alpha value is -1.48. The van der Waals surface area contributed by atoms with Crippen molar-refractivity contribution in [1.82, 2.24) is 4.98 Å². The lowest BCUT2D eigenvalue weighted by molar-refractivity contribution is 0.412. The Balaban J connectivity index is 3.02. The average Bonchev–Trinajstić information content (AvgIpc) is 2.22. The molecule has 84 valence electrons. The maximum absolute atomic E-state index is 11.8. The van der Waals surface area contributed by atoms with Crippen LogP contribution in [-0.4, -0.2) is 12.1 Å². The second-order valence-electron chi connectivity index (χ2n) is 3.76. The number of fused-ring (bicyclic) bond motifs is 1. The van der Waals surface area contributed by atoms with Crippen molar-refractivity contribution >= 4 is 22.4 Å². The van der Waals surface area contributed by atoms with Gasteiger partial charge >= 0.3 is 0 Å². The molecule has 1 heterocycles. The van der Waals surface area contributed by atoms with Crippen molar-refractivity contribution < 1.29 is 4.74 Å². The second-order valence-corrected chi connectivity index (χ2v) is 4.16. The van der Waals surface area contributed by atoms with Gasteiger partial charge in [-0.2, -0.15) is 0 Å². The van der Waals surface area contributed by atoms with E-state index in [1.54, 1.807) is 13.2 Å². The minimum absolute atomic E-state index is 0.179. The Labute approximate surface area is 98.0 Å². The van der Waals surface area contributed by atoms with E-state index in [0.717, 1.165) is 22.3 Å². The third kappa shape index (κ3) is 1.57. The van der Waals surface area contributed by atoms with Crippen molar-refractivity contribution in [3.8, 4) is 5.75 Å². The van der Waals surface area contributed by atoms with Crippen LogP contribution in [0.1, 0.15) is 11.1 Å². The molecule has 1 N–H and O–H groups in total. The van der Waals surface area contributed by atoms with Gasteiger partial charge in [0, 0.05) is 5.56 Å². The molecule has 2 rings (SSSR count). The molecule has 2 aromatic rings. The van der Waals surface area contributed by atoms with E-state index in [1.807, 2.05) is 19.9 Å². The number of ether oxygens (including phenoxy) is 1. The summed E-state index contributed by atoms with van der Waals surface area (Å²) >= 11 is 5.84. The van der Waals surface area contributed by atoms with Crippen LogP contribution in [0.2, 0.25) is 5.15 Å². The molecule has 0 atom stereocenters. The zero-order valence-corrected chi connectivity index (χ0v) is 10.1. The molecular weight excluding hydrogens is 226 g/mol. The SMILES string of the molecule is COc1cc(C)c2cc(Cl)[nH]c(=O)c2c1C. The van der Waals surface area contributed by atoms with E-state index >= 15 is 0 Å². The number of benzene rings is 1. The number of hydrogen-bond donors (Lipinski definition) is 1. The van der Waals surface area contributed by atoms with E-state index in [9.17, 15) is 4.79 Å². The lowest BCUT2D eigenvalue weighted by atomic mass is 10.0. The topological polar surface area (TPSA) is 42.1 Å². The highest BCUT2D eigenvalue weighted by molar-refractivity contribution is 6.30. The molecule has 0 radical (unpaired) electrons. The number of nitrogens with one attached hydrogen (secondary N) is 1. The monoisotopic (exact) mass is 237 g/mol. The Bertz CT molecular complexity index is 616. The second kappa shape index (κ2) is 3.83. The maximum Gasteiger partial charge on any atom is 0.257 e. The van der Waals surface area contributed by atoms with E-state index in [-0.39, 0.29) is 5.56 Å². The number of aromatic amines is 1. The lowest BCUT2D eigenvalue weighted by Crippen LogP contribution is -2.08. The Kier molecular flexibility index (Phi) is 2.64. The van der Waals surface area contributed by atoms with Crippen LogP contribution in [0, 0.1) is 13.8 Å². The van der Waals surface area contributed by atoms with Gasteiger partial charge in [0.2, 0.25) is 0 Å². The zero-order valence-electron chi connectivity index (χ0n) is 9.35. The van der Waals surface area contributed by atoms with Crippen LogP contribution < -0.4 is 10.3 Å². The van der Waals surface area contributed by atoms with Crippen molar-refractivity contribution in [2.45, 2.75) is 13.8 Å². The Morgan fingerprint density at radius 1 is 1.31 bits per heavy atom. The normalized spacial score (nSPS) is 10.8. The summed E-state index contributed by atoms with van der Waals surface area (Å²) in [7, 11) is 1.59. The van der Waals surface area contributed by atoms with Gasteiger partial charge in [-0.1, -0.05) is 11.6 Å². The van der Waals surface area contributed by atoms with Gasteiger partial charge in [0.05, 0.1) is 12.5 Å². The first-order chi connectivity index (χ1) is 7.54. The predicted molar refractivity (Wildman–Crippen MR) is 65.6 cm³/mol. The highest BCUT2D eigenvalue weighted by Crippen LogP contribution is 2.28. The fraction of sp³-hybridized carbons (Fsp3) is 0.250. The van der Waals surface area contributed by atoms with Gasteiger partial charge in [0.25, 0.3) is 5.56 Å². The fourth-order valence-corrected chi connectivity index (χ4v) is 2.12. The van der Waals surface area contributed by atoms with Crippen molar-refractivity contribution in [3.63, 3.8) is 0 Å². The predicted octanol–water partition coefficient (Wildman–Crippen LogP) is 2.81. The van der Waals surface area contributed by atoms with Crippen LogP contribution in [0.4, 0.5) is 0 Å². The Morgan fingerprint density at radius 3 is 2.62 bits per heavy atom. The number of aryl methyl sites for hydroxylation is 2. The number of aromatic nitrogens is 1. The van der Waals surface area contributed by atoms with Crippen molar-refractivity contribution in [2.24, 2.45) is 0 Å². The molecule has 0 aliphatic rings. The number of H-pyrrole nitrogens is 1. The molecule has 0 aliphatic heterocycles. The van der Waals surface area contributed by atoms with Gasteiger partial charge in [-0.05, 0) is 36.9 Å². The van der Waals surface area contributed by atoms with Gasteiger partial charge < -0.3 is 9.72 Å². The third-order valence-electron chi connectivity index (χ3n) is 2.74. The summed E-state index contributed by atoms with van der Waals surface area (Å²) in [4.78, 5) is 14.4. The van der Waals surface area contributed by atoms with Crippen LogP contribution in [0.15, 0.2) is 16.9 Å². The Morgan fingerprint density at radius 2 is 2.00 bits per heavy atom. The lowest BCUT2D eigenvalue weighted by Gasteiger charge is -2.10. The van der Waals surface area contributed by atoms with E-state index < -0.39 is 0 Å². The van der Waals surface area contributed by atoms with Gasteiger partial charge in [-0.15, -0.1) is 0 Å². The van der Waals surface area contributed by atoms with Gasteiger partial charge in [0.15, 0.2) is 0 Å². The fourth-order valence-electron chi connectivity index (χ4n) is 1.93. The molecule has 0 spiro atoms. The van der Waals surface area contributed by atoms with E-state index in [0.29, 0.717) is 10.5 Å². The van der Waals surface area contributed by atoms with E-state index in [2.05, 4.69) is 4.98 Å². The summed E-state index contributed by atoms with van der Waals surface area (Å²) in [5, 5.41) is 1.86. The molecule has 0 bridgehead atoms. The first-order valence-electron chi connectivity index (χ1n) is 4.91.